The molecular formula is C62H38O. The summed E-state index contributed by atoms with van der Waals surface area (Å²) in [6.45, 7) is 0. The van der Waals surface area contributed by atoms with Gasteiger partial charge in [-0.1, -0.05) is 206 Å². The fourth-order valence-electron chi connectivity index (χ4n) is 10.3. The lowest BCUT2D eigenvalue weighted by molar-refractivity contribution is 0.669. The Morgan fingerprint density at radius 3 is 1.21 bits per heavy atom. The van der Waals surface area contributed by atoms with Gasteiger partial charge in [0.1, 0.15) is 11.2 Å². The Morgan fingerprint density at radius 1 is 0.222 bits per heavy atom. The SMILES string of the molecule is c1ccc2c(-c3ccc(-c4c5ccccc5c(-c5ccc(-c6cccc7ccccc67)cc5)c5cc(-c6ccc7oc8ccc9ccccc9c8c7c6)ccc45)cc3)cccc2c1. The molecule has 0 fully saturated rings. The highest BCUT2D eigenvalue weighted by Crippen LogP contribution is 2.46. The van der Waals surface area contributed by atoms with Crippen molar-refractivity contribution in [3.63, 3.8) is 0 Å². The van der Waals surface area contributed by atoms with E-state index in [0.29, 0.717) is 0 Å². The van der Waals surface area contributed by atoms with Crippen LogP contribution in [0.3, 0.4) is 0 Å². The van der Waals surface area contributed by atoms with Gasteiger partial charge in [-0.15, -0.1) is 0 Å². The van der Waals surface area contributed by atoms with Gasteiger partial charge in [-0.05, 0) is 134 Å². The van der Waals surface area contributed by atoms with Gasteiger partial charge >= 0.3 is 0 Å². The molecule has 0 radical (unpaired) electrons. The second-order valence-electron chi connectivity index (χ2n) is 16.7. The van der Waals surface area contributed by atoms with Crippen LogP contribution in [0.15, 0.2) is 235 Å². The maximum Gasteiger partial charge on any atom is 0.136 e. The van der Waals surface area contributed by atoms with Gasteiger partial charge in [0.15, 0.2) is 0 Å². The summed E-state index contributed by atoms with van der Waals surface area (Å²) in [6.07, 6.45) is 0. The number of furan rings is 1. The second-order valence-corrected chi connectivity index (χ2v) is 16.7. The first-order chi connectivity index (χ1) is 31.2. The van der Waals surface area contributed by atoms with Crippen LogP contribution in [0.25, 0.3) is 131 Å². The Hall–Kier alpha value is -8.26. The first-order valence-electron chi connectivity index (χ1n) is 21.7. The number of hydrogen-bond donors (Lipinski definition) is 0. The van der Waals surface area contributed by atoms with Gasteiger partial charge in [0.25, 0.3) is 0 Å². The van der Waals surface area contributed by atoms with Crippen LogP contribution >= 0.6 is 0 Å². The molecular weight excluding hydrogens is 761 g/mol. The molecule has 0 amide bonds. The smallest absolute Gasteiger partial charge is 0.136 e. The average molecular weight is 799 g/mol. The minimum absolute atomic E-state index is 0.901. The molecule has 0 unspecified atom stereocenters. The van der Waals surface area contributed by atoms with Crippen molar-refractivity contribution in [3.8, 4) is 55.6 Å². The molecule has 1 aromatic heterocycles. The summed E-state index contributed by atoms with van der Waals surface area (Å²) in [5.74, 6) is 0. The molecule has 63 heavy (non-hydrogen) atoms. The van der Waals surface area contributed by atoms with Gasteiger partial charge in [0, 0.05) is 10.8 Å². The molecule has 1 heterocycles. The average Bonchev–Trinajstić information content (AvgIpc) is 3.74. The Bertz CT molecular complexity index is 3930. The molecule has 0 aliphatic rings. The molecule has 0 N–H and O–H groups in total. The van der Waals surface area contributed by atoms with Crippen molar-refractivity contribution in [1.29, 1.82) is 0 Å². The van der Waals surface area contributed by atoms with E-state index in [-0.39, 0.29) is 0 Å². The lowest BCUT2D eigenvalue weighted by Gasteiger charge is -2.19. The van der Waals surface area contributed by atoms with Crippen LogP contribution in [0, 0.1) is 0 Å². The molecule has 0 saturated carbocycles. The van der Waals surface area contributed by atoms with Crippen molar-refractivity contribution in [3.05, 3.63) is 231 Å². The molecule has 0 saturated heterocycles. The van der Waals surface area contributed by atoms with Crippen molar-refractivity contribution in [1.82, 2.24) is 0 Å². The topological polar surface area (TPSA) is 13.1 Å². The standard InChI is InChI=1S/C62H38O/c1-4-16-48-39(11-1)14-9-21-50(48)42-23-27-44(28-24-42)60-53-19-7-8-20-54(53)61(45-29-25-43(26-30-45)51-22-10-15-40-12-2-5-17-49(40)51)56-37-46(31-34-55(56)60)47-33-35-58-57(38-47)62-52-18-6-3-13-41(52)32-36-59(62)63-58/h1-38H. The van der Waals surface area contributed by atoms with E-state index in [4.69, 9.17) is 4.42 Å². The van der Waals surface area contributed by atoms with Gasteiger partial charge in [-0.2, -0.15) is 0 Å². The second kappa shape index (κ2) is 14.2. The predicted octanol–water partition coefficient (Wildman–Crippen LogP) is 17.7. The maximum atomic E-state index is 6.43. The Morgan fingerprint density at radius 2 is 0.619 bits per heavy atom. The largest absolute Gasteiger partial charge is 0.456 e. The van der Waals surface area contributed by atoms with E-state index in [9.17, 15) is 0 Å². The number of benzene rings is 12. The summed E-state index contributed by atoms with van der Waals surface area (Å²) < 4.78 is 6.43. The van der Waals surface area contributed by atoms with Gasteiger partial charge < -0.3 is 4.42 Å². The van der Waals surface area contributed by atoms with Crippen molar-refractivity contribution in [2.45, 2.75) is 0 Å². The first kappa shape index (κ1) is 35.5. The molecule has 0 spiro atoms. The summed E-state index contributed by atoms with van der Waals surface area (Å²) in [7, 11) is 0. The monoisotopic (exact) mass is 798 g/mol. The van der Waals surface area contributed by atoms with Crippen LogP contribution in [0.1, 0.15) is 0 Å². The zero-order chi connectivity index (χ0) is 41.4. The summed E-state index contributed by atoms with van der Waals surface area (Å²) in [5.41, 5.74) is 13.9. The summed E-state index contributed by atoms with van der Waals surface area (Å²) in [4.78, 5) is 0. The van der Waals surface area contributed by atoms with E-state index in [1.54, 1.807) is 0 Å². The van der Waals surface area contributed by atoms with Crippen molar-refractivity contribution in [2.75, 3.05) is 0 Å². The van der Waals surface area contributed by atoms with Gasteiger partial charge in [0.2, 0.25) is 0 Å². The highest BCUT2D eigenvalue weighted by molar-refractivity contribution is 6.23. The van der Waals surface area contributed by atoms with Crippen LogP contribution in [0.2, 0.25) is 0 Å². The van der Waals surface area contributed by atoms with Crippen LogP contribution < -0.4 is 0 Å². The molecule has 0 aliphatic heterocycles. The molecule has 1 nitrogen and oxygen atoms in total. The first-order valence-corrected chi connectivity index (χ1v) is 21.7. The zero-order valence-electron chi connectivity index (χ0n) is 34.3. The lowest BCUT2D eigenvalue weighted by Crippen LogP contribution is -1.92. The van der Waals surface area contributed by atoms with Gasteiger partial charge in [-0.25, -0.2) is 0 Å². The highest BCUT2D eigenvalue weighted by atomic mass is 16.3. The molecule has 1 heteroatoms. The van der Waals surface area contributed by atoms with E-state index in [2.05, 4.69) is 231 Å². The fraction of sp³-hybridized carbons (Fsp3) is 0. The van der Waals surface area contributed by atoms with Crippen molar-refractivity contribution in [2.24, 2.45) is 0 Å². The zero-order valence-corrected chi connectivity index (χ0v) is 34.3. The fourth-order valence-corrected chi connectivity index (χ4v) is 10.3. The third kappa shape index (κ3) is 5.71. The Kier molecular flexibility index (Phi) is 7.98. The number of hydrogen-bond acceptors (Lipinski definition) is 1. The molecule has 0 atom stereocenters. The van der Waals surface area contributed by atoms with Gasteiger partial charge in [-0.3, -0.25) is 0 Å². The lowest BCUT2D eigenvalue weighted by atomic mass is 9.84. The number of fused-ring (bicyclic) bond motifs is 9. The maximum absolute atomic E-state index is 6.43. The molecule has 12 aromatic carbocycles. The van der Waals surface area contributed by atoms with Crippen LogP contribution in [-0.2, 0) is 0 Å². The Balaban J connectivity index is 1.03. The van der Waals surface area contributed by atoms with Crippen molar-refractivity contribution >= 4 is 75.8 Å². The van der Waals surface area contributed by atoms with E-state index in [1.165, 1.54) is 104 Å². The molecule has 0 aliphatic carbocycles. The van der Waals surface area contributed by atoms with Crippen LogP contribution in [0.5, 0.6) is 0 Å². The highest BCUT2D eigenvalue weighted by Gasteiger charge is 2.19. The van der Waals surface area contributed by atoms with Crippen molar-refractivity contribution < 1.29 is 4.42 Å². The van der Waals surface area contributed by atoms with E-state index in [1.807, 2.05) is 0 Å². The molecule has 13 aromatic rings. The number of rotatable bonds is 5. The normalized spacial score (nSPS) is 11.8. The van der Waals surface area contributed by atoms with E-state index >= 15 is 0 Å². The molecule has 292 valence electrons. The van der Waals surface area contributed by atoms with Crippen LogP contribution in [0.4, 0.5) is 0 Å². The molecule has 13 rings (SSSR count). The third-order valence-electron chi connectivity index (χ3n) is 13.3. The van der Waals surface area contributed by atoms with E-state index in [0.717, 1.165) is 27.5 Å². The summed E-state index contributed by atoms with van der Waals surface area (Å²) in [6, 6.07) is 84.5. The minimum atomic E-state index is 0.901. The predicted molar refractivity (Wildman–Crippen MR) is 268 cm³/mol. The Labute approximate surface area is 364 Å². The van der Waals surface area contributed by atoms with Gasteiger partial charge in [0.05, 0.1) is 0 Å². The third-order valence-corrected chi connectivity index (χ3v) is 13.3. The van der Waals surface area contributed by atoms with E-state index < -0.39 is 0 Å². The van der Waals surface area contributed by atoms with Crippen LogP contribution in [-0.4, -0.2) is 0 Å². The summed E-state index contributed by atoms with van der Waals surface area (Å²) in [5, 5.41) is 14.7. The minimum Gasteiger partial charge on any atom is -0.456 e. The molecule has 0 bridgehead atoms. The summed E-state index contributed by atoms with van der Waals surface area (Å²) >= 11 is 0. The quantitative estimate of drug-likeness (QED) is 0.158.